The number of nitrogens with one attached hydrogen (secondary N) is 2. The number of hydrogen-bond donors (Lipinski definition) is 2. The fraction of sp³-hybridized carbons (Fsp3) is 0.458. The summed E-state index contributed by atoms with van der Waals surface area (Å²) in [4.78, 5) is 25.4. The van der Waals surface area contributed by atoms with Crippen molar-refractivity contribution in [2.24, 2.45) is 5.92 Å². The van der Waals surface area contributed by atoms with Crippen LogP contribution in [-0.4, -0.2) is 31.8 Å². The fourth-order valence-corrected chi connectivity index (χ4v) is 5.24. The Morgan fingerprint density at radius 3 is 2.88 bits per heavy atom. The van der Waals surface area contributed by atoms with E-state index in [4.69, 9.17) is 9.47 Å². The zero-order chi connectivity index (χ0) is 22.5. The van der Waals surface area contributed by atoms with Gasteiger partial charge in [0.05, 0.1) is 19.3 Å². The summed E-state index contributed by atoms with van der Waals surface area (Å²) in [7, 11) is 1.62. The maximum absolute atomic E-state index is 12.5. The molecular weight excluding hydrogens is 426 g/mol. The van der Waals surface area contributed by atoms with Crippen LogP contribution in [0.15, 0.2) is 24.3 Å². The van der Waals surface area contributed by atoms with E-state index in [1.807, 2.05) is 24.3 Å². The predicted octanol–water partition coefficient (Wildman–Crippen LogP) is 4.19. The molecule has 1 atom stereocenters. The summed E-state index contributed by atoms with van der Waals surface area (Å²) in [6.07, 6.45) is 5.01. The molecule has 2 amide bonds. The topological polar surface area (TPSA) is 100 Å². The lowest BCUT2D eigenvalue weighted by Gasteiger charge is -2.21. The Hall–Kier alpha value is -3.05. The van der Waals surface area contributed by atoms with Gasteiger partial charge in [-0.3, -0.25) is 4.79 Å². The van der Waals surface area contributed by atoms with E-state index in [2.05, 4.69) is 16.7 Å². The van der Waals surface area contributed by atoms with E-state index in [1.54, 1.807) is 7.11 Å². The van der Waals surface area contributed by atoms with Crippen molar-refractivity contribution in [3.8, 4) is 11.8 Å². The van der Waals surface area contributed by atoms with Gasteiger partial charge in [0.25, 0.3) is 0 Å². The number of anilines is 1. The number of nitriles is 1. The first-order valence-electron chi connectivity index (χ1n) is 11.0. The van der Waals surface area contributed by atoms with Crippen molar-refractivity contribution in [2.45, 2.75) is 51.0 Å². The van der Waals surface area contributed by atoms with Crippen molar-refractivity contribution < 1.29 is 19.1 Å². The van der Waals surface area contributed by atoms with Crippen LogP contribution >= 0.6 is 11.3 Å². The lowest BCUT2D eigenvalue weighted by molar-refractivity contribution is -0.116. The maximum atomic E-state index is 12.5. The molecule has 1 saturated carbocycles. The molecule has 32 heavy (non-hydrogen) atoms. The second-order valence-electron chi connectivity index (χ2n) is 8.35. The zero-order valence-electron chi connectivity index (χ0n) is 18.1. The predicted molar refractivity (Wildman–Crippen MR) is 122 cm³/mol. The third-order valence-electron chi connectivity index (χ3n) is 5.86. The Labute approximate surface area is 191 Å². The number of carbonyl (C=O) groups excluding carboxylic acids is 2. The molecule has 2 aliphatic carbocycles. The van der Waals surface area contributed by atoms with Crippen LogP contribution in [0.4, 0.5) is 9.80 Å². The summed E-state index contributed by atoms with van der Waals surface area (Å²) in [6.45, 7) is 0.375. The quantitative estimate of drug-likeness (QED) is 0.624. The number of benzene rings is 1. The van der Waals surface area contributed by atoms with Crippen LogP contribution in [0.2, 0.25) is 0 Å². The van der Waals surface area contributed by atoms with Crippen LogP contribution in [0.1, 0.15) is 47.3 Å². The first-order chi connectivity index (χ1) is 15.6. The van der Waals surface area contributed by atoms with E-state index in [-0.39, 0.29) is 24.0 Å². The van der Waals surface area contributed by atoms with Crippen molar-refractivity contribution in [3.05, 3.63) is 45.8 Å². The van der Waals surface area contributed by atoms with Crippen molar-refractivity contribution in [3.63, 3.8) is 0 Å². The van der Waals surface area contributed by atoms with E-state index < -0.39 is 0 Å². The second-order valence-corrected chi connectivity index (χ2v) is 9.45. The molecule has 7 nitrogen and oxygen atoms in total. The number of nitrogens with zero attached hydrogens (tertiary/aromatic N) is 1. The van der Waals surface area contributed by atoms with Gasteiger partial charge in [-0.2, -0.15) is 5.26 Å². The monoisotopic (exact) mass is 453 g/mol. The smallest absolute Gasteiger partial charge is 0.407 e. The van der Waals surface area contributed by atoms with Gasteiger partial charge in [0, 0.05) is 17.3 Å². The third-order valence-corrected chi connectivity index (χ3v) is 7.03. The van der Waals surface area contributed by atoms with E-state index in [0.717, 1.165) is 53.9 Å². The van der Waals surface area contributed by atoms with Crippen LogP contribution in [-0.2, 0) is 28.8 Å². The molecule has 0 radical (unpaired) electrons. The first kappa shape index (κ1) is 22.2. The normalized spacial score (nSPS) is 17.1. The van der Waals surface area contributed by atoms with E-state index >= 15 is 0 Å². The SMILES string of the molecule is COc1cccc(CCC(=O)Nc2sc3c(c2C#N)CCC(COC(=O)NC2CC2)C3)c1. The van der Waals surface area contributed by atoms with Gasteiger partial charge in [0.1, 0.15) is 16.8 Å². The molecule has 2 N–H and O–H groups in total. The van der Waals surface area contributed by atoms with Crippen LogP contribution in [0.25, 0.3) is 0 Å². The van der Waals surface area contributed by atoms with Gasteiger partial charge in [0.15, 0.2) is 0 Å². The van der Waals surface area contributed by atoms with Gasteiger partial charge >= 0.3 is 6.09 Å². The van der Waals surface area contributed by atoms with Gasteiger partial charge in [-0.05, 0) is 67.7 Å². The highest BCUT2D eigenvalue weighted by atomic mass is 32.1. The molecule has 1 aromatic heterocycles. The van der Waals surface area contributed by atoms with E-state index in [1.165, 1.54) is 11.3 Å². The number of methoxy groups -OCH3 is 1. The molecule has 1 heterocycles. The number of ether oxygens (including phenoxy) is 2. The minimum atomic E-state index is -0.342. The lowest BCUT2D eigenvalue weighted by Crippen LogP contribution is -2.29. The Bertz CT molecular complexity index is 1040. The van der Waals surface area contributed by atoms with Gasteiger partial charge in [-0.15, -0.1) is 11.3 Å². The Morgan fingerprint density at radius 1 is 1.28 bits per heavy atom. The van der Waals surface area contributed by atoms with Gasteiger partial charge in [-0.1, -0.05) is 12.1 Å². The molecular formula is C24H27N3O4S. The lowest BCUT2D eigenvalue weighted by atomic mass is 9.88. The molecule has 0 bridgehead atoms. The molecule has 2 aromatic rings. The van der Waals surface area contributed by atoms with Crippen LogP contribution in [0.5, 0.6) is 5.75 Å². The molecule has 1 fully saturated rings. The average Bonchev–Trinajstić information content (AvgIpc) is 3.55. The summed E-state index contributed by atoms with van der Waals surface area (Å²) < 4.78 is 10.6. The highest BCUT2D eigenvalue weighted by Gasteiger charge is 2.28. The summed E-state index contributed by atoms with van der Waals surface area (Å²) in [5.74, 6) is 0.887. The van der Waals surface area contributed by atoms with Gasteiger partial charge in [-0.25, -0.2) is 4.79 Å². The Morgan fingerprint density at radius 2 is 2.12 bits per heavy atom. The van der Waals surface area contributed by atoms with Gasteiger partial charge in [0.2, 0.25) is 5.91 Å². The Balaban J connectivity index is 1.32. The molecule has 1 aromatic carbocycles. The molecule has 168 valence electrons. The van der Waals surface area contributed by atoms with Gasteiger partial charge < -0.3 is 20.1 Å². The number of amides is 2. The molecule has 4 rings (SSSR count). The van der Waals surface area contributed by atoms with Crippen molar-refractivity contribution in [1.29, 1.82) is 5.26 Å². The zero-order valence-corrected chi connectivity index (χ0v) is 18.9. The Kier molecular flexibility index (Phi) is 6.96. The first-order valence-corrected chi connectivity index (χ1v) is 11.8. The molecule has 0 saturated heterocycles. The highest BCUT2D eigenvalue weighted by molar-refractivity contribution is 7.16. The minimum absolute atomic E-state index is 0.112. The van der Waals surface area contributed by atoms with E-state index in [0.29, 0.717) is 30.0 Å². The number of fused-ring (bicyclic) bond motifs is 1. The number of alkyl carbamates (subject to hydrolysis) is 1. The molecule has 0 spiro atoms. The summed E-state index contributed by atoms with van der Waals surface area (Å²) in [5.41, 5.74) is 2.63. The van der Waals surface area contributed by atoms with Crippen molar-refractivity contribution in [2.75, 3.05) is 19.0 Å². The second kappa shape index (κ2) is 10.0. The molecule has 1 unspecified atom stereocenters. The average molecular weight is 454 g/mol. The summed E-state index contributed by atoms with van der Waals surface area (Å²) in [5, 5.41) is 16.1. The molecule has 8 heteroatoms. The summed E-state index contributed by atoms with van der Waals surface area (Å²) in [6, 6.07) is 10.2. The number of thiophene rings is 1. The molecule has 0 aliphatic heterocycles. The maximum Gasteiger partial charge on any atom is 0.407 e. The van der Waals surface area contributed by atoms with E-state index in [9.17, 15) is 14.9 Å². The van der Waals surface area contributed by atoms with Crippen molar-refractivity contribution >= 4 is 28.3 Å². The van der Waals surface area contributed by atoms with Crippen LogP contribution in [0.3, 0.4) is 0 Å². The molecule has 2 aliphatic rings. The summed E-state index contributed by atoms with van der Waals surface area (Å²) >= 11 is 1.47. The van der Waals surface area contributed by atoms with Crippen LogP contribution in [0, 0.1) is 17.2 Å². The fourth-order valence-electron chi connectivity index (χ4n) is 3.91. The van der Waals surface area contributed by atoms with Crippen molar-refractivity contribution in [1.82, 2.24) is 5.32 Å². The largest absolute Gasteiger partial charge is 0.497 e. The number of carbonyl (C=O) groups is 2. The minimum Gasteiger partial charge on any atom is -0.497 e. The van der Waals surface area contributed by atoms with Crippen LogP contribution < -0.4 is 15.4 Å². The number of rotatable bonds is 8. The highest BCUT2D eigenvalue weighted by Crippen LogP contribution is 2.39. The third kappa shape index (κ3) is 5.60. The standard InChI is InChI=1S/C24H27N3O4S/c1-30-18-4-2-3-15(11-18)6-10-22(28)27-23-20(13-25)19-9-5-16(12-21(19)32-23)14-31-24(29)26-17-7-8-17/h2-4,11,16-17H,5-10,12,14H2,1H3,(H,26,29)(H,27,28). The number of hydrogen-bond acceptors (Lipinski definition) is 6. The number of aryl methyl sites for hydroxylation is 1.